The average molecular weight is 445 g/mol. The van der Waals surface area contributed by atoms with E-state index in [1.165, 1.54) is 0 Å². The van der Waals surface area contributed by atoms with Gasteiger partial charge in [-0.2, -0.15) is 4.39 Å². The van der Waals surface area contributed by atoms with E-state index in [9.17, 15) is 9.18 Å². The molecule has 1 fully saturated rings. The van der Waals surface area contributed by atoms with Crippen LogP contribution in [0.15, 0.2) is 67.1 Å². The van der Waals surface area contributed by atoms with Crippen molar-refractivity contribution in [2.45, 2.75) is 50.8 Å². The number of nitrogens with zero attached hydrogens (tertiary/aromatic N) is 4. The molecule has 1 aromatic carbocycles. The summed E-state index contributed by atoms with van der Waals surface area (Å²) in [6.07, 6.45) is 8.79. The quantitative estimate of drug-likeness (QED) is 0.491. The maximum absolute atomic E-state index is 14.3. The van der Waals surface area contributed by atoms with E-state index in [-0.39, 0.29) is 23.7 Å². The second-order valence-corrected chi connectivity index (χ2v) is 8.98. The van der Waals surface area contributed by atoms with Gasteiger partial charge in [0.2, 0.25) is 5.95 Å². The normalized spacial score (nSPS) is 22.1. The summed E-state index contributed by atoms with van der Waals surface area (Å²) < 4.78 is 20.1. The number of cyclic esters (lactones) is 1. The van der Waals surface area contributed by atoms with E-state index in [4.69, 9.17) is 4.74 Å². The second kappa shape index (κ2) is 8.39. The summed E-state index contributed by atoms with van der Waals surface area (Å²) in [6.45, 7) is 3.92. The van der Waals surface area contributed by atoms with Crippen LogP contribution >= 0.6 is 0 Å². The van der Waals surface area contributed by atoms with Crippen LogP contribution in [0.5, 0.6) is 0 Å². The molecule has 3 heterocycles. The molecule has 2 aliphatic rings. The summed E-state index contributed by atoms with van der Waals surface area (Å²) in [5, 5.41) is 0. The maximum Gasteiger partial charge on any atom is 0.411 e. The Morgan fingerprint density at radius 3 is 2.55 bits per heavy atom. The fraction of sp³-hybridized carbons (Fsp3) is 0.308. The van der Waals surface area contributed by atoms with Crippen LogP contribution in [0.4, 0.5) is 9.18 Å². The molecule has 0 bridgehead atoms. The Hall–Kier alpha value is -3.61. The molecule has 0 N–H and O–H groups in total. The van der Waals surface area contributed by atoms with Gasteiger partial charge in [0.1, 0.15) is 5.60 Å². The van der Waals surface area contributed by atoms with Crippen molar-refractivity contribution >= 4 is 11.7 Å². The van der Waals surface area contributed by atoms with Gasteiger partial charge in [-0.1, -0.05) is 36.4 Å². The van der Waals surface area contributed by atoms with Crippen molar-refractivity contribution in [3.63, 3.8) is 0 Å². The number of pyridine rings is 1. The molecule has 7 heteroatoms. The van der Waals surface area contributed by atoms with Crippen molar-refractivity contribution in [3.8, 4) is 11.4 Å². The first-order valence-electron chi connectivity index (χ1n) is 11.1. The van der Waals surface area contributed by atoms with E-state index < -0.39 is 11.5 Å². The molecular weight excluding hydrogens is 419 g/mol. The fourth-order valence-corrected chi connectivity index (χ4v) is 4.88. The van der Waals surface area contributed by atoms with Gasteiger partial charge in [-0.15, -0.1) is 0 Å². The number of halogens is 1. The number of ether oxygens (including phenoxy) is 1. The third-order valence-corrected chi connectivity index (χ3v) is 6.41. The summed E-state index contributed by atoms with van der Waals surface area (Å²) in [5.74, 6) is -0.279. The van der Waals surface area contributed by atoms with Crippen LogP contribution in [0.1, 0.15) is 50.3 Å². The minimum atomic E-state index is -0.617. The number of carbonyl (C=O) groups is 1. The lowest BCUT2D eigenvalue weighted by atomic mass is 9.86. The Morgan fingerprint density at radius 2 is 1.85 bits per heavy atom. The number of rotatable bonds is 4. The van der Waals surface area contributed by atoms with E-state index >= 15 is 0 Å². The first-order chi connectivity index (χ1) is 15.9. The Labute approximate surface area is 192 Å². The summed E-state index contributed by atoms with van der Waals surface area (Å²) >= 11 is 0. The van der Waals surface area contributed by atoms with E-state index in [2.05, 4.69) is 21.0 Å². The van der Waals surface area contributed by atoms with Crippen LogP contribution in [-0.2, 0) is 4.74 Å². The van der Waals surface area contributed by atoms with Gasteiger partial charge in [0.05, 0.1) is 11.6 Å². The van der Waals surface area contributed by atoms with Gasteiger partial charge in [0.25, 0.3) is 0 Å². The number of hydrogen-bond donors (Lipinski definition) is 0. The van der Waals surface area contributed by atoms with E-state index in [1.807, 2.05) is 49.1 Å². The number of benzene rings is 1. The van der Waals surface area contributed by atoms with E-state index in [0.29, 0.717) is 12.2 Å². The SMILES string of the molecule is CC1(C)OC(=O)N([C@@H]2CC=C(c3cnc(F)c(-c4ncccn4)c3)CC2)C1c1ccccc1. The standard InChI is InChI=1S/C26H25FN4O2/c1-26(2)22(18-7-4-3-5-8-18)31(25(32)33-26)20-11-9-17(10-12-20)19-15-21(23(27)30-16-19)24-28-13-6-14-29-24/h3-9,13-16,20,22H,10-12H2,1-2H3/t20-,22?/m1/s1. The van der Waals surface area contributed by atoms with Crippen molar-refractivity contribution in [1.29, 1.82) is 0 Å². The van der Waals surface area contributed by atoms with Crippen LogP contribution < -0.4 is 0 Å². The van der Waals surface area contributed by atoms with Gasteiger partial charge in [-0.3, -0.25) is 4.90 Å². The Morgan fingerprint density at radius 1 is 1.09 bits per heavy atom. The minimum absolute atomic E-state index is 0.0264. The topological polar surface area (TPSA) is 68.2 Å². The van der Waals surface area contributed by atoms with Crippen molar-refractivity contribution in [2.75, 3.05) is 0 Å². The van der Waals surface area contributed by atoms with Crippen LogP contribution in [0.25, 0.3) is 17.0 Å². The molecule has 0 saturated carbocycles. The van der Waals surface area contributed by atoms with Gasteiger partial charge >= 0.3 is 6.09 Å². The Balaban J connectivity index is 1.41. The molecule has 33 heavy (non-hydrogen) atoms. The maximum atomic E-state index is 14.3. The molecule has 6 nitrogen and oxygen atoms in total. The van der Waals surface area contributed by atoms with Gasteiger partial charge < -0.3 is 4.74 Å². The number of allylic oxidation sites excluding steroid dienone is 1. The number of hydrogen-bond acceptors (Lipinski definition) is 5. The van der Waals surface area contributed by atoms with Crippen LogP contribution in [0.3, 0.4) is 0 Å². The molecule has 5 rings (SSSR count). The third kappa shape index (κ3) is 3.99. The summed E-state index contributed by atoms with van der Waals surface area (Å²) in [7, 11) is 0. The molecule has 168 valence electrons. The smallest absolute Gasteiger partial charge is 0.411 e. The molecule has 2 aromatic heterocycles. The molecule has 1 amide bonds. The average Bonchev–Trinajstić information content (AvgIpc) is 3.08. The Kier molecular flexibility index (Phi) is 5.40. The van der Waals surface area contributed by atoms with Gasteiger partial charge in [-0.25, -0.2) is 19.7 Å². The zero-order chi connectivity index (χ0) is 23.0. The molecule has 1 unspecified atom stereocenters. The molecule has 0 spiro atoms. The first-order valence-corrected chi connectivity index (χ1v) is 11.1. The fourth-order valence-electron chi connectivity index (χ4n) is 4.88. The molecule has 1 aliphatic carbocycles. The van der Waals surface area contributed by atoms with Crippen molar-refractivity contribution in [3.05, 3.63) is 84.2 Å². The molecule has 1 aliphatic heterocycles. The Bertz CT molecular complexity index is 1200. The third-order valence-electron chi connectivity index (χ3n) is 6.41. The molecule has 0 radical (unpaired) electrons. The lowest BCUT2D eigenvalue weighted by Gasteiger charge is -2.36. The van der Waals surface area contributed by atoms with Crippen molar-refractivity contribution < 1.29 is 13.9 Å². The highest BCUT2D eigenvalue weighted by Gasteiger charge is 2.50. The van der Waals surface area contributed by atoms with Crippen molar-refractivity contribution in [1.82, 2.24) is 19.9 Å². The molecule has 1 saturated heterocycles. The minimum Gasteiger partial charge on any atom is -0.441 e. The van der Waals surface area contributed by atoms with E-state index in [0.717, 1.165) is 29.5 Å². The van der Waals surface area contributed by atoms with Crippen LogP contribution in [-0.4, -0.2) is 37.6 Å². The summed E-state index contributed by atoms with van der Waals surface area (Å²) in [4.78, 5) is 27.0. The van der Waals surface area contributed by atoms with Crippen LogP contribution in [0.2, 0.25) is 0 Å². The highest BCUT2D eigenvalue weighted by Crippen LogP contribution is 2.45. The predicted octanol–water partition coefficient (Wildman–Crippen LogP) is 5.59. The second-order valence-electron chi connectivity index (χ2n) is 8.98. The van der Waals surface area contributed by atoms with Crippen LogP contribution in [0, 0.1) is 5.95 Å². The summed E-state index contributed by atoms with van der Waals surface area (Å²) in [6, 6.07) is 13.4. The van der Waals surface area contributed by atoms with Gasteiger partial charge in [0, 0.05) is 24.6 Å². The largest absolute Gasteiger partial charge is 0.441 e. The highest BCUT2D eigenvalue weighted by atomic mass is 19.1. The number of amides is 1. The van der Waals surface area contributed by atoms with Gasteiger partial charge in [-0.05, 0) is 61.9 Å². The zero-order valence-corrected chi connectivity index (χ0v) is 18.6. The van der Waals surface area contributed by atoms with Crippen molar-refractivity contribution in [2.24, 2.45) is 0 Å². The highest BCUT2D eigenvalue weighted by molar-refractivity contribution is 5.74. The zero-order valence-electron chi connectivity index (χ0n) is 18.6. The molecular formula is C26H25FN4O2. The lowest BCUT2D eigenvalue weighted by Crippen LogP contribution is -2.41. The number of carbonyl (C=O) groups excluding carboxylic acids is 1. The predicted molar refractivity (Wildman–Crippen MR) is 122 cm³/mol. The number of aromatic nitrogens is 3. The summed E-state index contributed by atoms with van der Waals surface area (Å²) in [5.41, 5.74) is 2.66. The molecule has 2 atom stereocenters. The van der Waals surface area contributed by atoms with Gasteiger partial charge in [0.15, 0.2) is 5.82 Å². The first kappa shape index (κ1) is 21.2. The monoisotopic (exact) mass is 444 g/mol. The lowest BCUT2D eigenvalue weighted by molar-refractivity contribution is 0.0668. The van der Waals surface area contributed by atoms with E-state index in [1.54, 1.807) is 30.7 Å². The molecule has 3 aromatic rings.